The molecule has 4 unspecified atom stereocenters. The van der Waals surface area contributed by atoms with Crippen LogP contribution in [0.2, 0.25) is 0 Å². The van der Waals surface area contributed by atoms with Gasteiger partial charge in [0.1, 0.15) is 0 Å². The Morgan fingerprint density at radius 2 is 2.00 bits per heavy atom. The molecule has 1 saturated heterocycles. The Morgan fingerprint density at radius 1 is 1.08 bits per heavy atom. The van der Waals surface area contributed by atoms with Gasteiger partial charge in [0.05, 0.1) is 12.2 Å². The number of hydrogen-bond donors (Lipinski definition) is 0. The summed E-state index contributed by atoms with van der Waals surface area (Å²) < 4.78 is 5.88. The standard InChI is InChI=1S/C12H12O/c1-3-7-11-9(5-1)10-6-2-4-8-12(10)13-11/h1,3-5,7-12H,2H2. The van der Waals surface area contributed by atoms with Crippen molar-refractivity contribution in [1.29, 1.82) is 0 Å². The molecule has 4 atom stereocenters. The van der Waals surface area contributed by atoms with Gasteiger partial charge in [0, 0.05) is 11.8 Å². The van der Waals surface area contributed by atoms with Crippen molar-refractivity contribution in [3.05, 3.63) is 42.9 Å². The second-order valence-electron chi connectivity index (χ2n) is 3.77. The average molecular weight is 172 g/mol. The van der Waals surface area contributed by atoms with Crippen molar-refractivity contribution in [2.45, 2.75) is 18.6 Å². The van der Waals surface area contributed by atoms with Gasteiger partial charge in [0.2, 0.25) is 0 Å². The smallest absolute Gasteiger partial charge is 0.0833 e. The van der Waals surface area contributed by atoms with E-state index in [-0.39, 0.29) is 12.2 Å². The molecule has 3 aliphatic rings. The summed E-state index contributed by atoms with van der Waals surface area (Å²) >= 11 is 0. The van der Waals surface area contributed by atoms with E-state index < -0.39 is 0 Å². The molecule has 1 nitrogen and oxygen atoms in total. The Hall–Kier alpha value is -0.820. The summed E-state index contributed by atoms with van der Waals surface area (Å²) in [4.78, 5) is 0. The van der Waals surface area contributed by atoms with Crippen LogP contribution in [0.25, 0.3) is 0 Å². The summed E-state index contributed by atoms with van der Waals surface area (Å²) in [6, 6.07) is 0. The first-order valence-corrected chi connectivity index (χ1v) is 4.86. The van der Waals surface area contributed by atoms with E-state index in [0.717, 1.165) is 6.42 Å². The Bertz CT molecular complexity index is 287. The van der Waals surface area contributed by atoms with E-state index in [0.29, 0.717) is 11.8 Å². The average Bonchev–Trinajstić information content (AvgIpc) is 2.56. The Balaban J connectivity index is 1.91. The molecule has 0 aromatic rings. The summed E-state index contributed by atoms with van der Waals surface area (Å²) in [5.74, 6) is 1.01. The van der Waals surface area contributed by atoms with Gasteiger partial charge >= 0.3 is 0 Å². The van der Waals surface area contributed by atoms with Gasteiger partial charge in [-0.05, 0) is 12.8 Å². The van der Waals surface area contributed by atoms with Gasteiger partial charge in [-0.15, -0.1) is 0 Å². The van der Waals surface area contributed by atoms with Gasteiger partial charge in [-0.2, -0.15) is 0 Å². The fourth-order valence-corrected chi connectivity index (χ4v) is 2.37. The van der Waals surface area contributed by atoms with Crippen LogP contribution in [0.15, 0.2) is 36.5 Å². The van der Waals surface area contributed by atoms with Crippen molar-refractivity contribution >= 4 is 0 Å². The van der Waals surface area contributed by atoms with E-state index in [9.17, 15) is 0 Å². The second kappa shape index (κ2) is 2.85. The quantitative estimate of drug-likeness (QED) is 0.509. The molecule has 1 aliphatic heterocycles. The minimum Gasteiger partial charge on any atom is -0.366 e. The monoisotopic (exact) mass is 172 g/mol. The fourth-order valence-electron chi connectivity index (χ4n) is 2.37. The third kappa shape index (κ3) is 1.11. The molecule has 1 heterocycles. The molecule has 1 fully saturated rings. The van der Waals surface area contributed by atoms with E-state index in [1.54, 1.807) is 0 Å². The van der Waals surface area contributed by atoms with Crippen LogP contribution in [0, 0.1) is 18.3 Å². The van der Waals surface area contributed by atoms with Crippen LogP contribution in [0.5, 0.6) is 0 Å². The molecule has 0 saturated carbocycles. The van der Waals surface area contributed by atoms with Crippen molar-refractivity contribution in [2.24, 2.45) is 11.8 Å². The predicted octanol–water partition coefficient (Wildman–Crippen LogP) is 2.15. The van der Waals surface area contributed by atoms with Crippen molar-refractivity contribution in [3.8, 4) is 0 Å². The first kappa shape index (κ1) is 7.57. The number of fused-ring (bicyclic) bond motifs is 3. The topological polar surface area (TPSA) is 9.23 Å². The SMILES string of the molecule is [C]1CC=CC2OC3C=CC=CC3C12. The highest BCUT2D eigenvalue weighted by Crippen LogP contribution is 2.40. The maximum Gasteiger partial charge on any atom is 0.0833 e. The number of rotatable bonds is 0. The molecule has 1 heteroatoms. The highest BCUT2D eigenvalue weighted by atomic mass is 16.5. The van der Waals surface area contributed by atoms with Gasteiger partial charge in [0.25, 0.3) is 0 Å². The normalized spacial score (nSPS) is 46.2. The zero-order valence-corrected chi connectivity index (χ0v) is 7.39. The summed E-state index contributed by atoms with van der Waals surface area (Å²) in [6.07, 6.45) is 17.9. The lowest BCUT2D eigenvalue weighted by Gasteiger charge is -2.21. The zero-order chi connectivity index (χ0) is 8.67. The molecule has 0 spiro atoms. The third-order valence-corrected chi connectivity index (χ3v) is 3.00. The van der Waals surface area contributed by atoms with E-state index in [1.807, 2.05) is 0 Å². The summed E-state index contributed by atoms with van der Waals surface area (Å²) in [5.41, 5.74) is 0. The maximum atomic E-state index is 5.88. The van der Waals surface area contributed by atoms with Crippen LogP contribution in [-0.2, 0) is 4.74 Å². The molecular weight excluding hydrogens is 160 g/mol. The highest BCUT2D eigenvalue weighted by molar-refractivity contribution is 5.24. The largest absolute Gasteiger partial charge is 0.366 e. The molecule has 3 rings (SSSR count). The summed E-state index contributed by atoms with van der Waals surface area (Å²) in [7, 11) is 0. The second-order valence-corrected chi connectivity index (χ2v) is 3.77. The Kier molecular flexibility index (Phi) is 1.66. The third-order valence-electron chi connectivity index (χ3n) is 3.00. The van der Waals surface area contributed by atoms with Crippen LogP contribution in [0.3, 0.4) is 0 Å². The molecule has 2 radical (unpaired) electrons. The van der Waals surface area contributed by atoms with Crippen molar-refractivity contribution in [1.82, 2.24) is 0 Å². The first-order chi connectivity index (χ1) is 6.45. The van der Waals surface area contributed by atoms with E-state index in [4.69, 9.17) is 4.74 Å². The molecular formula is C12H12O. The number of allylic oxidation sites excluding steroid dienone is 3. The van der Waals surface area contributed by atoms with Crippen LogP contribution >= 0.6 is 0 Å². The summed E-state index contributed by atoms with van der Waals surface area (Å²) in [6.45, 7) is 0. The first-order valence-electron chi connectivity index (χ1n) is 4.86. The van der Waals surface area contributed by atoms with Crippen LogP contribution in [0.4, 0.5) is 0 Å². The van der Waals surface area contributed by atoms with Gasteiger partial charge in [-0.3, -0.25) is 0 Å². The van der Waals surface area contributed by atoms with Gasteiger partial charge in [-0.1, -0.05) is 36.5 Å². The van der Waals surface area contributed by atoms with Crippen molar-refractivity contribution < 1.29 is 4.74 Å². The van der Waals surface area contributed by atoms with Gasteiger partial charge in [-0.25, -0.2) is 0 Å². The molecule has 66 valence electrons. The van der Waals surface area contributed by atoms with Gasteiger partial charge < -0.3 is 4.74 Å². The van der Waals surface area contributed by atoms with Crippen LogP contribution < -0.4 is 0 Å². The van der Waals surface area contributed by atoms with Gasteiger partial charge in [0.15, 0.2) is 0 Å². The number of ether oxygens (including phenoxy) is 1. The van der Waals surface area contributed by atoms with Crippen LogP contribution in [-0.4, -0.2) is 12.2 Å². The van der Waals surface area contributed by atoms with E-state index in [1.165, 1.54) is 0 Å². The molecule has 0 amide bonds. The Morgan fingerprint density at radius 3 is 3.00 bits per heavy atom. The molecule has 0 bridgehead atoms. The molecule has 13 heavy (non-hydrogen) atoms. The zero-order valence-electron chi connectivity index (χ0n) is 7.39. The maximum absolute atomic E-state index is 5.88. The Labute approximate surface area is 78.8 Å². The predicted molar refractivity (Wildman–Crippen MR) is 50.9 cm³/mol. The lowest BCUT2D eigenvalue weighted by molar-refractivity contribution is 0.0863. The van der Waals surface area contributed by atoms with Crippen molar-refractivity contribution in [2.75, 3.05) is 0 Å². The summed E-state index contributed by atoms with van der Waals surface area (Å²) in [5, 5.41) is 0. The fraction of sp³-hybridized carbons (Fsp3) is 0.417. The molecule has 0 aromatic heterocycles. The number of hydrogen-bond acceptors (Lipinski definition) is 1. The van der Waals surface area contributed by atoms with E-state index >= 15 is 0 Å². The molecule has 0 N–H and O–H groups in total. The minimum atomic E-state index is 0.274. The van der Waals surface area contributed by atoms with Crippen molar-refractivity contribution in [3.63, 3.8) is 0 Å². The van der Waals surface area contributed by atoms with Crippen LogP contribution in [0.1, 0.15) is 6.42 Å². The highest BCUT2D eigenvalue weighted by Gasteiger charge is 2.41. The lowest BCUT2D eigenvalue weighted by Crippen LogP contribution is -2.22. The minimum absolute atomic E-state index is 0.274. The van der Waals surface area contributed by atoms with E-state index in [2.05, 4.69) is 42.9 Å². The molecule has 0 aromatic carbocycles. The lowest BCUT2D eigenvalue weighted by atomic mass is 9.80. The molecule has 2 aliphatic carbocycles.